The lowest BCUT2D eigenvalue weighted by molar-refractivity contribution is 0.341. The number of nitrogens with zero attached hydrogens (tertiary/aromatic N) is 1. The minimum atomic E-state index is -0.281. The molecule has 1 heterocycles. The van der Waals surface area contributed by atoms with Crippen molar-refractivity contribution < 1.29 is 9.13 Å². The quantitative estimate of drug-likeness (QED) is 0.844. The molecule has 1 aliphatic rings. The SMILES string of the molecule is COc1ccc(C2CNCCN(C)C2)cc1F. The summed E-state index contributed by atoms with van der Waals surface area (Å²) in [6.07, 6.45) is 0. The van der Waals surface area contributed by atoms with E-state index in [4.69, 9.17) is 4.74 Å². The molecule has 3 nitrogen and oxygen atoms in total. The van der Waals surface area contributed by atoms with Gasteiger partial charge in [0.1, 0.15) is 0 Å². The number of hydrogen-bond acceptors (Lipinski definition) is 3. The topological polar surface area (TPSA) is 24.5 Å². The molecule has 0 saturated carbocycles. The summed E-state index contributed by atoms with van der Waals surface area (Å²) in [7, 11) is 3.58. The molecular formula is C13H19FN2O. The Kier molecular flexibility index (Phi) is 3.97. The molecule has 1 fully saturated rings. The van der Waals surface area contributed by atoms with Gasteiger partial charge in [-0.15, -0.1) is 0 Å². The van der Waals surface area contributed by atoms with Crippen LogP contribution in [0.5, 0.6) is 5.75 Å². The van der Waals surface area contributed by atoms with Gasteiger partial charge in [0, 0.05) is 32.1 Å². The molecule has 1 saturated heterocycles. The Morgan fingerprint density at radius 2 is 2.29 bits per heavy atom. The van der Waals surface area contributed by atoms with E-state index in [1.807, 2.05) is 6.07 Å². The summed E-state index contributed by atoms with van der Waals surface area (Å²) in [6.45, 7) is 3.88. The first-order valence-electron chi connectivity index (χ1n) is 5.93. The Bertz CT molecular complexity index is 384. The number of halogens is 1. The smallest absolute Gasteiger partial charge is 0.165 e. The van der Waals surface area contributed by atoms with E-state index in [-0.39, 0.29) is 5.82 Å². The van der Waals surface area contributed by atoms with E-state index in [0.29, 0.717) is 11.7 Å². The van der Waals surface area contributed by atoms with Gasteiger partial charge < -0.3 is 15.0 Å². The van der Waals surface area contributed by atoms with Crippen molar-refractivity contribution in [1.82, 2.24) is 10.2 Å². The Labute approximate surface area is 102 Å². The van der Waals surface area contributed by atoms with E-state index < -0.39 is 0 Å². The third-order valence-electron chi connectivity index (χ3n) is 3.24. The zero-order chi connectivity index (χ0) is 12.3. The van der Waals surface area contributed by atoms with E-state index in [1.54, 1.807) is 12.1 Å². The summed E-state index contributed by atoms with van der Waals surface area (Å²) in [5.41, 5.74) is 1.03. The van der Waals surface area contributed by atoms with Gasteiger partial charge in [-0.25, -0.2) is 4.39 Å². The summed E-state index contributed by atoms with van der Waals surface area (Å²) in [4.78, 5) is 2.27. The van der Waals surface area contributed by atoms with Gasteiger partial charge in [-0.05, 0) is 24.7 Å². The Hall–Kier alpha value is -1.13. The van der Waals surface area contributed by atoms with Gasteiger partial charge in [0.15, 0.2) is 11.6 Å². The molecule has 0 amide bonds. The van der Waals surface area contributed by atoms with Gasteiger partial charge in [-0.2, -0.15) is 0 Å². The van der Waals surface area contributed by atoms with Crippen LogP contribution in [0.15, 0.2) is 18.2 Å². The van der Waals surface area contributed by atoms with Crippen LogP contribution in [-0.4, -0.2) is 45.2 Å². The van der Waals surface area contributed by atoms with Crippen molar-refractivity contribution in [2.75, 3.05) is 40.3 Å². The first-order chi connectivity index (χ1) is 8.20. The maximum absolute atomic E-state index is 13.6. The molecular weight excluding hydrogens is 219 g/mol. The van der Waals surface area contributed by atoms with Crippen molar-refractivity contribution in [1.29, 1.82) is 0 Å². The molecule has 1 N–H and O–H groups in total. The highest BCUT2D eigenvalue weighted by molar-refractivity contribution is 5.31. The van der Waals surface area contributed by atoms with Crippen LogP contribution in [0.25, 0.3) is 0 Å². The molecule has 0 spiro atoms. The molecule has 2 rings (SSSR count). The summed E-state index contributed by atoms with van der Waals surface area (Å²) < 4.78 is 18.6. The number of rotatable bonds is 2. The summed E-state index contributed by atoms with van der Waals surface area (Å²) >= 11 is 0. The number of hydrogen-bond donors (Lipinski definition) is 1. The molecule has 1 aliphatic heterocycles. The van der Waals surface area contributed by atoms with Crippen molar-refractivity contribution in [2.45, 2.75) is 5.92 Å². The van der Waals surface area contributed by atoms with Crippen LogP contribution in [0, 0.1) is 5.82 Å². The predicted octanol–water partition coefficient (Wildman–Crippen LogP) is 1.45. The molecule has 1 atom stereocenters. The third-order valence-corrected chi connectivity index (χ3v) is 3.24. The van der Waals surface area contributed by atoms with Gasteiger partial charge >= 0.3 is 0 Å². The standard InChI is InChI=1S/C13H19FN2O/c1-16-6-5-15-8-11(9-16)10-3-4-13(17-2)12(14)7-10/h3-4,7,11,15H,5-6,8-9H2,1-2H3. The molecule has 0 bridgehead atoms. The van der Waals surface area contributed by atoms with Crippen LogP contribution < -0.4 is 10.1 Å². The third kappa shape index (κ3) is 2.96. The van der Waals surface area contributed by atoms with Crippen LogP contribution in [0.1, 0.15) is 11.5 Å². The van der Waals surface area contributed by atoms with Gasteiger partial charge in [0.25, 0.3) is 0 Å². The minimum Gasteiger partial charge on any atom is -0.494 e. The molecule has 1 aromatic carbocycles. The van der Waals surface area contributed by atoms with Crippen LogP contribution in [0.2, 0.25) is 0 Å². The van der Waals surface area contributed by atoms with Crippen molar-refractivity contribution in [3.8, 4) is 5.75 Å². The molecule has 4 heteroatoms. The normalized spacial score (nSPS) is 22.2. The van der Waals surface area contributed by atoms with Crippen molar-refractivity contribution in [3.63, 3.8) is 0 Å². The number of methoxy groups -OCH3 is 1. The lowest BCUT2D eigenvalue weighted by Crippen LogP contribution is -2.24. The summed E-state index contributed by atoms with van der Waals surface area (Å²) in [6, 6.07) is 5.24. The van der Waals surface area contributed by atoms with Gasteiger partial charge in [0.2, 0.25) is 0 Å². The average molecular weight is 238 g/mol. The zero-order valence-corrected chi connectivity index (χ0v) is 10.4. The molecule has 0 radical (unpaired) electrons. The van der Waals surface area contributed by atoms with Gasteiger partial charge in [-0.1, -0.05) is 6.07 Å². The second kappa shape index (κ2) is 5.47. The van der Waals surface area contributed by atoms with E-state index in [2.05, 4.69) is 17.3 Å². The Morgan fingerprint density at radius 1 is 1.47 bits per heavy atom. The van der Waals surface area contributed by atoms with E-state index in [1.165, 1.54) is 7.11 Å². The Morgan fingerprint density at radius 3 is 3.00 bits per heavy atom. The fourth-order valence-corrected chi connectivity index (χ4v) is 2.24. The average Bonchev–Trinajstić information content (AvgIpc) is 2.54. The van der Waals surface area contributed by atoms with Crippen LogP contribution >= 0.6 is 0 Å². The second-order valence-corrected chi connectivity index (χ2v) is 4.56. The second-order valence-electron chi connectivity index (χ2n) is 4.56. The number of ether oxygens (including phenoxy) is 1. The molecule has 0 aliphatic carbocycles. The van der Waals surface area contributed by atoms with Gasteiger partial charge in [-0.3, -0.25) is 0 Å². The zero-order valence-electron chi connectivity index (χ0n) is 10.4. The summed E-state index contributed by atoms with van der Waals surface area (Å²) in [5, 5.41) is 3.38. The number of nitrogens with one attached hydrogen (secondary N) is 1. The highest BCUT2D eigenvalue weighted by atomic mass is 19.1. The summed E-state index contributed by atoms with van der Waals surface area (Å²) in [5.74, 6) is 0.364. The largest absolute Gasteiger partial charge is 0.494 e. The van der Waals surface area contributed by atoms with Crippen LogP contribution in [0.4, 0.5) is 4.39 Å². The van der Waals surface area contributed by atoms with Crippen molar-refractivity contribution in [3.05, 3.63) is 29.6 Å². The minimum absolute atomic E-state index is 0.281. The maximum Gasteiger partial charge on any atom is 0.165 e. The molecule has 0 aromatic heterocycles. The highest BCUT2D eigenvalue weighted by Crippen LogP contribution is 2.24. The molecule has 1 aromatic rings. The lowest BCUT2D eigenvalue weighted by atomic mass is 9.98. The fourth-order valence-electron chi connectivity index (χ4n) is 2.24. The molecule has 1 unspecified atom stereocenters. The van der Waals surface area contributed by atoms with E-state index in [0.717, 1.165) is 31.7 Å². The first-order valence-corrected chi connectivity index (χ1v) is 5.93. The number of benzene rings is 1. The van der Waals surface area contributed by atoms with Crippen molar-refractivity contribution >= 4 is 0 Å². The molecule has 17 heavy (non-hydrogen) atoms. The van der Waals surface area contributed by atoms with E-state index in [9.17, 15) is 4.39 Å². The van der Waals surface area contributed by atoms with Crippen LogP contribution in [-0.2, 0) is 0 Å². The molecule has 94 valence electrons. The lowest BCUT2D eigenvalue weighted by Gasteiger charge is -2.20. The maximum atomic E-state index is 13.6. The monoisotopic (exact) mass is 238 g/mol. The van der Waals surface area contributed by atoms with E-state index >= 15 is 0 Å². The number of likely N-dealkylation sites (N-methyl/N-ethyl adjacent to an activating group) is 1. The van der Waals surface area contributed by atoms with Crippen LogP contribution in [0.3, 0.4) is 0 Å². The predicted molar refractivity (Wildman–Crippen MR) is 66.1 cm³/mol. The van der Waals surface area contributed by atoms with Crippen molar-refractivity contribution in [2.24, 2.45) is 0 Å². The van der Waals surface area contributed by atoms with Gasteiger partial charge in [0.05, 0.1) is 7.11 Å². The first kappa shape index (κ1) is 12.3. The Balaban J connectivity index is 2.17. The highest BCUT2D eigenvalue weighted by Gasteiger charge is 2.18. The fraction of sp³-hybridized carbons (Fsp3) is 0.538.